The van der Waals surface area contributed by atoms with Gasteiger partial charge in [0.1, 0.15) is 12.2 Å². The van der Waals surface area contributed by atoms with Crippen molar-refractivity contribution in [3.63, 3.8) is 0 Å². The van der Waals surface area contributed by atoms with Crippen molar-refractivity contribution in [3.8, 4) is 0 Å². The standard InChI is InChI=1S/C16H25N3O/c1-2-6-19-15(17-10-18-19)9-16(20)8-11-7-14(16)13-5-3-4-12(11)13/h10-14,20H,2-9H2,1H3. The molecule has 3 aliphatic carbocycles. The first kappa shape index (κ1) is 12.8. The maximum atomic E-state index is 11.2. The number of aromatic nitrogens is 3. The lowest BCUT2D eigenvalue weighted by Gasteiger charge is -2.38. The van der Waals surface area contributed by atoms with Gasteiger partial charge in [0.2, 0.25) is 0 Å². The van der Waals surface area contributed by atoms with Gasteiger partial charge in [0.05, 0.1) is 5.60 Å². The fourth-order valence-corrected chi connectivity index (χ4v) is 5.54. The third-order valence-corrected chi connectivity index (χ3v) is 6.21. The van der Waals surface area contributed by atoms with Gasteiger partial charge in [-0.3, -0.25) is 4.68 Å². The topological polar surface area (TPSA) is 50.9 Å². The molecule has 1 N–H and O–H groups in total. The van der Waals surface area contributed by atoms with E-state index in [-0.39, 0.29) is 0 Å². The summed E-state index contributed by atoms with van der Waals surface area (Å²) < 4.78 is 1.98. The fraction of sp³-hybridized carbons (Fsp3) is 0.875. The average Bonchev–Trinajstić information content (AvgIpc) is 3.11. The Kier molecular flexibility index (Phi) is 2.92. The van der Waals surface area contributed by atoms with Crippen molar-refractivity contribution in [1.82, 2.24) is 14.8 Å². The van der Waals surface area contributed by atoms with Crippen molar-refractivity contribution in [3.05, 3.63) is 12.2 Å². The van der Waals surface area contributed by atoms with E-state index in [0.717, 1.165) is 43.0 Å². The molecule has 1 heterocycles. The molecule has 2 bridgehead atoms. The van der Waals surface area contributed by atoms with Crippen LogP contribution in [0.2, 0.25) is 0 Å². The Balaban J connectivity index is 1.55. The van der Waals surface area contributed by atoms with E-state index in [4.69, 9.17) is 0 Å². The number of hydrogen-bond acceptors (Lipinski definition) is 3. The molecule has 3 saturated carbocycles. The molecule has 0 saturated heterocycles. The van der Waals surface area contributed by atoms with Crippen molar-refractivity contribution < 1.29 is 5.11 Å². The highest BCUT2D eigenvalue weighted by atomic mass is 16.3. The van der Waals surface area contributed by atoms with Gasteiger partial charge in [-0.2, -0.15) is 5.10 Å². The molecule has 0 amide bonds. The molecule has 110 valence electrons. The Morgan fingerprint density at radius 1 is 1.40 bits per heavy atom. The van der Waals surface area contributed by atoms with Gasteiger partial charge in [-0.15, -0.1) is 0 Å². The summed E-state index contributed by atoms with van der Waals surface area (Å²) in [5.74, 6) is 4.00. The van der Waals surface area contributed by atoms with Gasteiger partial charge < -0.3 is 5.11 Å². The van der Waals surface area contributed by atoms with E-state index >= 15 is 0 Å². The zero-order valence-corrected chi connectivity index (χ0v) is 12.3. The Morgan fingerprint density at radius 3 is 3.10 bits per heavy atom. The lowest BCUT2D eigenvalue weighted by Crippen LogP contribution is -2.43. The van der Waals surface area contributed by atoms with Crippen LogP contribution in [0.1, 0.15) is 51.3 Å². The molecule has 1 aromatic rings. The first-order valence-electron chi connectivity index (χ1n) is 8.30. The third kappa shape index (κ3) is 1.77. The van der Waals surface area contributed by atoms with Crippen LogP contribution in [-0.4, -0.2) is 25.5 Å². The van der Waals surface area contributed by atoms with Crippen LogP contribution in [0.3, 0.4) is 0 Å². The van der Waals surface area contributed by atoms with Crippen LogP contribution < -0.4 is 0 Å². The molecule has 4 rings (SSSR count). The molecule has 0 aromatic carbocycles. The minimum atomic E-state index is -0.505. The number of rotatable bonds is 4. The van der Waals surface area contributed by atoms with E-state index in [1.807, 2.05) is 4.68 Å². The number of nitrogens with zero attached hydrogens (tertiary/aromatic N) is 3. The molecule has 4 heteroatoms. The first-order valence-corrected chi connectivity index (χ1v) is 8.30. The van der Waals surface area contributed by atoms with Gasteiger partial charge in [-0.1, -0.05) is 13.3 Å². The van der Waals surface area contributed by atoms with E-state index < -0.39 is 5.60 Å². The fourth-order valence-electron chi connectivity index (χ4n) is 5.54. The lowest BCUT2D eigenvalue weighted by atomic mass is 9.71. The van der Waals surface area contributed by atoms with E-state index in [2.05, 4.69) is 17.0 Å². The number of aryl methyl sites for hydroxylation is 1. The number of hydrogen-bond donors (Lipinski definition) is 1. The summed E-state index contributed by atoms with van der Waals surface area (Å²) >= 11 is 0. The molecule has 3 fully saturated rings. The van der Waals surface area contributed by atoms with Crippen LogP contribution in [0, 0.1) is 23.7 Å². The predicted molar refractivity (Wildman–Crippen MR) is 76.0 cm³/mol. The second kappa shape index (κ2) is 4.55. The summed E-state index contributed by atoms with van der Waals surface area (Å²) in [6.45, 7) is 3.06. The molecule has 5 unspecified atom stereocenters. The van der Waals surface area contributed by atoms with Crippen molar-refractivity contribution >= 4 is 0 Å². The van der Waals surface area contributed by atoms with E-state index in [0.29, 0.717) is 12.3 Å². The molecule has 3 aliphatic rings. The smallest absolute Gasteiger partial charge is 0.138 e. The highest BCUT2D eigenvalue weighted by Gasteiger charge is 2.60. The second-order valence-electron chi connectivity index (χ2n) is 7.24. The monoisotopic (exact) mass is 275 g/mol. The SMILES string of the molecule is CCCn1ncnc1CC1(O)CC2CC1C1CCCC21. The zero-order chi connectivity index (χ0) is 13.7. The molecule has 20 heavy (non-hydrogen) atoms. The van der Waals surface area contributed by atoms with Gasteiger partial charge in [-0.25, -0.2) is 4.98 Å². The lowest BCUT2D eigenvalue weighted by molar-refractivity contribution is -0.0470. The van der Waals surface area contributed by atoms with E-state index in [9.17, 15) is 5.11 Å². The maximum absolute atomic E-state index is 11.2. The summed E-state index contributed by atoms with van der Waals surface area (Å²) in [4.78, 5) is 4.40. The minimum Gasteiger partial charge on any atom is -0.389 e. The summed E-state index contributed by atoms with van der Waals surface area (Å²) in [5, 5.41) is 15.5. The summed E-state index contributed by atoms with van der Waals surface area (Å²) in [6.07, 6.45) is 9.79. The molecular formula is C16H25N3O. The van der Waals surface area contributed by atoms with E-state index in [1.54, 1.807) is 6.33 Å². The van der Waals surface area contributed by atoms with Crippen LogP contribution in [-0.2, 0) is 13.0 Å². The number of fused-ring (bicyclic) bond motifs is 5. The average molecular weight is 275 g/mol. The Morgan fingerprint density at radius 2 is 2.25 bits per heavy atom. The Bertz CT molecular complexity index is 500. The zero-order valence-electron chi connectivity index (χ0n) is 12.3. The van der Waals surface area contributed by atoms with Crippen LogP contribution in [0.25, 0.3) is 0 Å². The summed E-state index contributed by atoms with van der Waals surface area (Å²) in [6, 6.07) is 0. The highest BCUT2D eigenvalue weighted by Crippen LogP contribution is 2.62. The maximum Gasteiger partial charge on any atom is 0.138 e. The molecule has 5 atom stereocenters. The van der Waals surface area contributed by atoms with E-state index in [1.165, 1.54) is 25.7 Å². The predicted octanol–water partition coefficient (Wildman–Crippen LogP) is 2.42. The third-order valence-electron chi connectivity index (χ3n) is 6.21. The summed E-state index contributed by atoms with van der Waals surface area (Å²) in [7, 11) is 0. The van der Waals surface area contributed by atoms with Crippen molar-refractivity contribution in [1.29, 1.82) is 0 Å². The summed E-state index contributed by atoms with van der Waals surface area (Å²) in [5.41, 5.74) is -0.505. The highest BCUT2D eigenvalue weighted by molar-refractivity contribution is 5.12. The Labute approximate surface area is 120 Å². The first-order chi connectivity index (χ1) is 9.71. The molecule has 1 aromatic heterocycles. The van der Waals surface area contributed by atoms with Crippen LogP contribution in [0.4, 0.5) is 0 Å². The number of aliphatic hydroxyl groups is 1. The van der Waals surface area contributed by atoms with Gasteiger partial charge >= 0.3 is 0 Å². The van der Waals surface area contributed by atoms with Crippen molar-refractivity contribution in [2.45, 2.75) is 64.0 Å². The largest absolute Gasteiger partial charge is 0.389 e. The Hall–Kier alpha value is -0.900. The molecule has 0 radical (unpaired) electrons. The van der Waals surface area contributed by atoms with Crippen LogP contribution in [0.5, 0.6) is 0 Å². The minimum absolute atomic E-state index is 0.505. The molecule has 4 nitrogen and oxygen atoms in total. The normalized spacial score (nSPS) is 42.3. The van der Waals surface area contributed by atoms with Gasteiger partial charge in [-0.05, 0) is 55.8 Å². The van der Waals surface area contributed by atoms with Crippen molar-refractivity contribution in [2.75, 3.05) is 0 Å². The van der Waals surface area contributed by atoms with Gasteiger partial charge in [0.15, 0.2) is 0 Å². The molecular weight excluding hydrogens is 250 g/mol. The molecule has 0 spiro atoms. The second-order valence-corrected chi connectivity index (χ2v) is 7.24. The molecule has 0 aliphatic heterocycles. The van der Waals surface area contributed by atoms with Crippen molar-refractivity contribution in [2.24, 2.45) is 23.7 Å². The van der Waals surface area contributed by atoms with Crippen LogP contribution in [0.15, 0.2) is 6.33 Å². The van der Waals surface area contributed by atoms with Crippen LogP contribution >= 0.6 is 0 Å². The van der Waals surface area contributed by atoms with Gasteiger partial charge in [0, 0.05) is 13.0 Å². The van der Waals surface area contributed by atoms with Gasteiger partial charge in [0.25, 0.3) is 0 Å². The quantitative estimate of drug-likeness (QED) is 0.918.